The van der Waals surface area contributed by atoms with Gasteiger partial charge >= 0.3 is 0 Å². The van der Waals surface area contributed by atoms with Crippen LogP contribution < -0.4 is 0 Å². The van der Waals surface area contributed by atoms with E-state index in [1.165, 1.54) is 16.7 Å². The number of aromatic nitrogens is 4. The second-order valence-corrected chi connectivity index (χ2v) is 19.6. The highest BCUT2D eigenvalue weighted by molar-refractivity contribution is 5.99. The fourth-order valence-corrected chi connectivity index (χ4v) is 8.44. The molecule has 2 heterocycles. The molecule has 0 radical (unpaired) electrons. The van der Waals surface area contributed by atoms with E-state index in [9.17, 15) is 5.11 Å². The largest absolute Gasteiger partial charge is 0.507 e. The van der Waals surface area contributed by atoms with Crippen LogP contribution >= 0.6 is 0 Å². The second-order valence-electron chi connectivity index (χ2n) is 19.6. The molecular formula is C57H54N4O. The number of nitrogens with zero attached hydrogens (tertiary/aromatic N) is 4. The third-order valence-corrected chi connectivity index (χ3v) is 12.1. The maximum Gasteiger partial charge on any atom is 0.145 e. The molecule has 0 aliphatic rings. The van der Waals surface area contributed by atoms with E-state index in [-0.39, 0.29) is 22.0 Å². The first kappa shape index (κ1) is 40.6. The number of fused-ring (bicyclic) bond motifs is 2. The first-order valence-electron chi connectivity index (χ1n) is 21.6. The molecule has 9 rings (SSSR count). The Morgan fingerprint density at radius 2 is 1.05 bits per heavy atom. The van der Waals surface area contributed by atoms with E-state index in [4.69, 9.17) is 15.0 Å². The molecule has 0 saturated carbocycles. The minimum Gasteiger partial charge on any atom is -0.507 e. The zero-order chi connectivity index (χ0) is 43.6. The molecule has 0 saturated heterocycles. The van der Waals surface area contributed by atoms with Gasteiger partial charge in [-0.1, -0.05) is 153 Å². The van der Waals surface area contributed by atoms with Crippen molar-refractivity contribution in [3.63, 3.8) is 0 Å². The lowest BCUT2D eigenvalue weighted by Crippen LogP contribution is -2.13. The Labute approximate surface area is 365 Å². The topological polar surface area (TPSA) is 63.8 Å². The minimum absolute atomic E-state index is 0.0699. The minimum atomic E-state index is -0.191. The highest BCUT2D eigenvalue weighted by Gasteiger charge is 2.26. The molecule has 5 heteroatoms. The third-order valence-electron chi connectivity index (χ3n) is 12.1. The van der Waals surface area contributed by atoms with Gasteiger partial charge in [0.25, 0.3) is 0 Å². The van der Waals surface area contributed by atoms with E-state index in [0.29, 0.717) is 0 Å². The van der Waals surface area contributed by atoms with Gasteiger partial charge in [0.05, 0.1) is 27.8 Å². The molecule has 1 N–H and O–H groups in total. The average molecular weight is 811 g/mol. The molecule has 0 aliphatic heterocycles. The van der Waals surface area contributed by atoms with Gasteiger partial charge in [0, 0.05) is 40.2 Å². The van der Waals surface area contributed by atoms with Crippen molar-refractivity contribution in [1.29, 1.82) is 0 Å². The summed E-state index contributed by atoms with van der Waals surface area (Å²) in [4.78, 5) is 15.4. The van der Waals surface area contributed by atoms with Crippen LogP contribution in [0.1, 0.15) is 79.0 Å². The Morgan fingerprint density at radius 3 is 1.74 bits per heavy atom. The summed E-state index contributed by atoms with van der Waals surface area (Å²) >= 11 is 0. The number of phenolic OH excluding ortho intramolecular Hbond substituents is 1. The fourth-order valence-electron chi connectivity index (χ4n) is 8.44. The Balaban J connectivity index is 1.39. The summed E-state index contributed by atoms with van der Waals surface area (Å²) in [6, 6.07) is 51.4. The molecule has 5 nitrogen and oxygen atoms in total. The molecule has 0 amide bonds. The van der Waals surface area contributed by atoms with E-state index in [1.807, 2.05) is 24.3 Å². The Morgan fingerprint density at radius 1 is 0.419 bits per heavy atom. The smallest absolute Gasteiger partial charge is 0.145 e. The Hall–Kier alpha value is -6.85. The van der Waals surface area contributed by atoms with E-state index in [1.54, 1.807) is 18.5 Å². The molecule has 0 aliphatic carbocycles. The van der Waals surface area contributed by atoms with Crippen LogP contribution in [0, 0.1) is 0 Å². The SMILES string of the molecule is CC(C)(C)c1cc(-c2cc(C(C)(C)C)cc3nccnc23)cc(-c2nc3c(-c4cc(-c5ccccc5)ccc4O)cccc3n2-c2ccc(C(C)(C)C)cc2-c2ccccc2)c1. The van der Waals surface area contributed by atoms with Crippen molar-refractivity contribution < 1.29 is 5.11 Å². The van der Waals surface area contributed by atoms with Gasteiger partial charge in [-0.2, -0.15) is 0 Å². The summed E-state index contributed by atoms with van der Waals surface area (Å²) in [5, 5.41) is 11.6. The number of aromatic hydroxyl groups is 1. The monoisotopic (exact) mass is 810 g/mol. The average Bonchev–Trinajstić information content (AvgIpc) is 3.65. The molecule has 2 aromatic heterocycles. The van der Waals surface area contributed by atoms with Crippen LogP contribution in [0.2, 0.25) is 0 Å². The molecule has 0 spiro atoms. The van der Waals surface area contributed by atoms with Crippen LogP contribution in [0.15, 0.2) is 158 Å². The van der Waals surface area contributed by atoms with Crippen molar-refractivity contribution in [2.24, 2.45) is 0 Å². The molecule has 7 aromatic carbocycles. The van der Waals surface area contributed by atoms with Crippen LogP contribution in [0.5, 0.6) is 5.75 Å². The molecule has 62 heavy (non-hydrogen) atoms. The van der Waals surface area contributed by atoms with Gasteiger partial charge in [0.1, 0.15) is 11.6 Å². The number of imidazole rings is 1. The Bertz CT molecular complexity index is 3120. The van der Waals surface area contributed by atoms with E-state index >= 15 is 0 Å². The van der Waals surface area contributed by atoms with E-state index in [2.05, 4.69) is 182 Å². The van der Waals surface area contributed by atoms with Crippen LogP contribution in [-0.4, -0.2) is 24.6 Å². The number of rotatable bonds is 6. The normalized spacial score (nSPS) is 12.3. The van der Waals surface area contributed by atoms with Gasteiger partial charge in [0.15, 0.2) is 0 Å². The lowest BCUT2D eigenvalue weighted by molar-refractivity contribution is 0.477. The molecular weight excluding hydrogens is 757 g/mol. The van der Waals surface area contributed by atoms with E-state index < -0.39 is 0 Å². The first-order valence-corrected chi connectivity index (χ1v) is 21.6. The number of hydrogen-bond donors (Lipinski definition) is 1. The maximum atomic E-state index is 11.6. The highest BCUT2D eigenvalue weighted by atomic mass is 16.3. The van der Waals surface area contributed by atoms with Gasteiger partial charge in [-0.15, -0.1) is 0 Å². The van der Waals surface area contributed by atoms with Crippen molar-refractivity contribution in [1.82, 2.24) is 19.5 Å². The zero-order valence-corrected chi connectivity index (χ0v) is 37.2. The summed E-state index contributed by atoms with van der Waals surface area (Å²) in [6.45, 7) is 20.3. The van der Waals surface area contributed by atoms with Gasteiger partial charge in [0.2, 0.25) is 0 Å². The third kappa shape index (κ3) is 7.57. The summed E-state index contributed by atoms with van der Waals surface area (Å²) in [5.74, 6) is 1.01. The first-order chi connectivity index (χ1) is 29.5. The van der Waals surface area contributed by atoms with E-state index in [0.717, 1.165) is 83.6 Å². The quantitative estimate of drug-likeness (QED) is 0.182. The summed E-state index contributed by atoms with van der Waals surface area (Å²) in [6.07, 6.45) is 3.56. The highest BCUT2D eigenvalue weighted by Crippen LogP contribution is 2.44. The van der Waals surface area contributed by atoms with Gasteiger partial charge in [-0.25, -0.2) is 4.98 Å². The van der Waals surface area contributed by atoms with Crippen molar-refractivity contribution in [3.05, 3.63) is 175 Å². The van der Waals surface area contributed by atoms with Crippen LogP contribution in [0.25, 0.3) is 83.6 Å². The zero-order valence-electron chi connectivity index (χ0n) is 37.2. The molecule has 9 aromatic rings. The lowest BCUT2D eigenvalue weighted by Gasteiger charge is -2.24. The summed E-state index contributed by atoms with van der Waals surface area (Å²) in [7, 11) is 0. The molecule has 0 atom stereocenters. The molecule has 0 bridgehead atoms. The number of benzene rings is 7. The maximum absolute atomic E-state index is 11.6. The fraction of sp³-hybridized carbons (Fsp3) is 0.211. The van der Waals surface area contributed by atoms with Crippen molar-refractivity contribution >= 4 is 22.1 Å². The van der Waals surface area contributed by atoms with Crippen LogP contribution in [-0.2, 0) is 16.2 Å². The standard InChI is InChI=1S/C57H54N4O/c1-55(2,3)41-24-25-49(45(33-41)37-19-14-11-15-20-37)61-50-22-16-21-44(47-32-38(23-26-51(47)62)36-17-12-10-13-18-36)53(50)60-54(61)40-29-39(30-42(31-40)56(4,5)6)46-34-43(57(7,8)9)35-48-52(46)59-28-27-58-48/h10-35,62H,1-9H3. The number of phenols is 1. The molecule has 0 fully saturated rings. The van der Waals surface area contributed by atoms with Gasteiger partial charge in [-0.3, -0.25) is 14.5 Å². The molecule has 308 valence electrons. The van der Waals surface area contributed by atoms with Gasteiger partial charge < -0.3 is 5.11 Å². The lowest BCUT2D eigenvalue weighted by atomic mass is 9.82. The predicted octanol–water partition coefficient (Wildman–Crippen LogP) is 14.9. The number of hydrogen-bond acceptors (Lipinski definition) is 4. The molecule has 0 unspecified atom stereocenters. The van der Waals surface area contributed by atoms with Crippen molar-refractivity contribution in [2.75, 3.05) is 0 Å². The number of para-hydroxylation sites is 1. The summed E-state index contributed by atoms with van der Waals surface area (Å²) < 4.78 is 2.33. The Kier molecular flexibility index (Phi) is 9.97. The predicted molar refractivity (Wildman–Crippen MR) is 259 cm³/mol. The summed E-state index contributed by atoms with van der Waals surface area (Å²) in [5.41, 5.74) is 16.8. The van der Waals surface area contributed by atoms with Crippen molar-refractivity contribution in [2.45, 2.75) is 78.6 Å². The second kappa shape index (κ2) is 15.3. The van der Waals surface area contributed by atoms with Crippen molar-refractivity contribution in [3.8, 4) is 67.3 Å². The van der Waals surface area contributed by atoms with Crippen LogP contribution in [0.3, 0.4) is 0 Å². The van der Waals surface area contributed by atoms with Gasteiger partial charge in [-0.05, 0) is 110 Å². The van der Waals surface area contributed by atoms with Crippen LogP contribution in [0.4, 0.5) is 0 Å².